The SMILES string of the molecule is C[C@@H](C(=O)O)N(C(=O)c1ccc2[nH]ncc2c1)C1CC1. The highest BCUT2D eigenvalue weighted by Crippen LogP contribution is 2.30. The molecular weight excluding hydrogens is 258 g/mol. The first-order valence-corrected chi connectivity index (χ1v) is 6.56. The zero-order valence-electron chi connectivity index (χ0n) is 11.0. The average Bonchev–Trinajstić information content (AvgIpc) is 3.14. The Morgan fingerprint density at radius 2 is 2.20 bits per heavy atom. The Labute approximate surface area is 115 Å². The highest BCUT2D eigenvalue weighted by molar-refractivity contribution is 5.99. The maximum absolute atomic E-state index is 12.6. The summed E-state index contributed by atoms with van der Waals surface area (Å²) in [4.78, 5) is 25.2. The van der Waals surface area contributed by atoms with E-state index < -0.39 is 12.0 Å². The van der Waals surface area contributed by atoms with Crippen LogP contribution >= 0.6 is 0 Å². The first kappa shape index (κ1) is 12.7. The fourth-order valence-electron chi connectivity index (χ4n) is 2.35. The van der Waals surface area contributed by atoms with Gasteiger partial charge in [0.15, 0.2) is 0 Å². The lowest BCUT2D eigenvalue weighted by atomic mass is 10.1. The number of aromatic nitrogens is 2. The lowest BCUT2D eigenvalue weighted by Crippen LogP contribution is -2.44. The normalized spacial score (nSPS) is 16.1. The van der Waals surface area contributed by atoms with Gasteiger partial charge in [-0.3, -0.25) is 9.89 Å². The second kappa shape index (κ2) is 4.63. The van der Waals surface area contributed by atoms with Crippen LogP contribution in [0.1, 0.15) is 30.1 Å². The number of amides is 1. The quantitative estimate of drug-likeness (QED) is 0.886. The first-order chi connectivity index (χ1) is 9.58. The zero-order valence-corrected chi connectivity index (χ0v) is 11.0. The Hall–Kier alpha value is -2.37. The molecule has 1 aromatic carbocycles. The van der Waals surface area contributed by atoms with Crippen LogP contribution in [-0.2, 0) is 4.79 Å². The maximum Gasteiger partial charge on any atom is 0.326 e. The third kappa shape index (κ3) is 2.13. The van der Waals surface area contributed by atoms with E-state index in [1.54, 1.807) is 31.3 Å². The average molecular weight is 273 g/mol. The summed E-state index contributed by atoms with van der Waals surface area (Å²) in [5, 5.41) is 16.7. The van der Waals surface area contributed by atoms with Gasteiger partial charge in [0, 0.05) is 17.0 Å². The van der Waals surface area contributed by atoms with Crippen LogP contribution in [0.4, 0.5) is 0 Å². The summed E-state index contributed by atoms with van der Waals surface area (Å²) in [6.45, 7) is 1.55. The Bertz CT molecular complexity index is 675. The van der Waals surface area contributed by atoms with E-state index in [4.69, 9.17) is 5.11 Å². The van der Waals surface area contributed by atoms with Crippen LogP contribution in [0.15, 0.2) is 24.4 Å². The number of hydrogen-bond donors (Lipinski definition) is 2. The van der Waals surface area contributed by atoms with E-state index in [1.165, 1.54) is 4.90 Å². The monoisotopic (exact) mass is 273 g/mol. The van der Waals surface area contributed by atoms with Crippen molar-refractivity contribution < 1.29 is 14.7 Å². The van der Waals surface area contributed by atoms with Gasteiger partial charge in [-0.05, 0) is 38.0 Å². The smallest absolute Gasteiger partial charge is 0.326 e. The van der Waals surface area contributed by atoms with Crippen molar-refractivity contribution in [2.75, 3.05) is 0 Å². The molecule has 0 saturated heterocycles. The van der Waals surface area contributed by atoms with Crippen molar-refractivity contribution in [2.24, 2.45) is 0 Å². The van der Waals surface area contributed by atoms with Crippen molar-refractivity contribution in [3.05, 3.63) is 30.0 Å². The minimum atomic E-state index is -0.977. The lowest BCUT2D eigenvalue weighted by molar-refractivity contribution is -0.141. The number of fused-ring (bicyclic) bond motifs is 1. The van der Waals surface area contributed by atoms with Gasteiger partial charge >= 0.3 is 5.97 Å². The van der Waals surface area contributed by atoms with Crippen LogP contribution in [-0.4, -0.2) is 44.2 Å². The lowest BCUT2D eigenvalue weighted by Gasteiger charge is -2.26. The maximum atomic E-state index is 12.6. The summed E-state index contributed by atoms with van der Waals surface area (Å²) in [5.41, 5.74) is 1.35. The third-order valence-corrected chi connectivity index (χ3v) is 3.64. The number of hydrogen-bond acceptors (Lipinski definition) is 3. The van der Waals surface area contributed by atoms with Crippen LogP contribution in [0.3, 0.4) is 0 Å². The summed E-state index contributed by atoms with van der Waals surface area (Å²) < 4.78 is 0. The molecule has 20 heavy (non-hydrogen) atoms. The Balaban J connectivity index is 1.94. The molecule has 1 aliphatic carbocycles. The van der Waals surface area contributed by atoms with Crippen molar-refractivity contribution in [2.45, 2.75) is 31.8 Å². The van der Waals surface area contributed by atoms with E-state index >= 15 is 0 Å². The van der Waals surface area contributed by atoms with Gasteiger partial charge in [-0.1, -0.05) is 0 Å². The van der Waals surface area contributed by atoms with E-state index in [9.17, 15) is 9.59 Å². The van der Waals surface area contributed by atoms with Gasteiger partial charge in [-0.15, -0.1) is 0 Å². The molecule has 1 aromatic heterocycles. The molecule has 6 heteroatoms. The summed E-state index contributed by atoms with van der Waals surface area (Å²) in [7, 11) is 0. The summed E-state index contributed by atoms with van der Waals surface area (Å²) >= 11 is 0. The highest BCUT2D eigenvalue weighted by atomic mass is 16.4. The number of rotatable bonds is 4. The second-order valence-electron chi connectivity index (χ2n) is 5.13. The van der Waals surface area contributed by atoms with Crippen molar-refractivity contribution in [3.63, 3.8) is 0 Å². The molecule has 6 nitrogen and oxygen atoms in total. The minimum absolute atomic E-state index is 0.0497. The van der Waals surface area contributed by atoms with Gasteiger partial charge in [0.2, 0.25) is 0 Å². The number of aromatic amines is 1. The van der Waals surface area contributed by atoms with E-state index in [-0.39, 0.29) is 11.9 Å². The molecule has 1 amide bonds. The predicted molar refractivity (Wildman–Crippen MR) is 72.4 cm³/mol. The summed E-state index contributed by atoms with van der Waals surface area (Å²) in [6, 6.07) is 4.47. The van der Waals surface area contributed by atoms with Gasteiger partial charge < -0.3 is 10.0 Å². The molecule has 0 radical (unpaired) electrons. The van der Waals surface area contributed by atoms with Crippen molar-refractivity contribution in [3.8, 4) is 0 Å². The fourth-order valence-corrected chi connectivity index (χ4v) is 2.35. The van der Waals surface area contributed by atoms with Crippen LogP contribution in [0.2, 0.25) is 0 Å². The molecule has 3 rings (SSSR count). The van der Waals surface area contributed by atoms with Gasteiger partial charge in [-0.2, -0.15) is 5.10 Å². The van der Waals surface area contributed by atoms with Crippen molar-refractivity contribution in [1.82, 2.24) is 15.1 Å². The zero-order chi connectivity index (χ0) is 14.3. The molecule has 0 spiro atoms. The molecular formula is C14H15N3O3. The molecule has 1 heterocycles. The van der Waals surface area contributed by atoms with Gasteiger partial charge in [0.1, 0.15) is 6.04 Å². The van der Waals surface area contributed by atoms with E-state index in [1.807, 2.05) is 0 Å². The first-order valence-electron chi connectivity index (χ1n) is 6.56. The van der Waals surface area contributed by atoms with Crippen LogP contribution in [0.5, 0.6) is 0 Å². The highest BCUT2D eigenvalue weighted by Gasteiger charge is 2.38. The van der Waals surface area contributed by atoms with Crippen LogP contribution in [0.25, 0.3) is 10.9 Å². The van der Waals surface area contributed by atoms with E-state index in [2.05, 4.69) is 10.2 Å². The molecule has 1 aliphatic rings. The number of H-pyrrole nitrogens is 1. The second-order valence-corrected chi connectivity index (χ2v) is 5.13. The molecule has 1 fully saturated rings. The van der Waals surface area contributed by atoms with Crippen LogP contribution < -0.4 is 0 Å². The number of nitrogens with one attached hydrogen (secondary N) is 1. The number of aliphatic carboxylic acids is 1. The van der Waals surface area contributed by atoms with E-state index in [0.29, 0.717) is 5.56 Å². The largest absolute Gasteiger partial charge is 0.480 e. The van der Waals surface area contributed by atoms with Gasteiger partial charge in [0.05, 0.1) is 11.7 Å². The molecule has 104 valence electrons. The molecule has 0 bridgehead atoms. The number of carboxylic acid groups (broad SMARTS) is 1. The minimum Gasteiger partial charge on any atom is -0.480 e. The number of carboxylic acids is 1. The van der Waals surface area contributed by atoms with Crippen LogP contribution in [0, 0.1) is 0 Å². The number of nitrogens with zero attached hydrogens (tertiary/aromatic N) is 2. The summed E-state index contributed by atoms with van der Waals surface area (Å²) in [6.07, 6.45) is 3.39. The number of benzene rings is 1. The van der Waals surface area contributed by atoms with Gasteiger partial charge in [-0.25, -0.2) is 4.79 Å². The van der Waals surface area contributed by atoms with Crippen molar-refractivity contribution >= 4 is 22.8 Å². The summed E-state index contributed by atoms with van der Waals surface area (Å²) in [5.74, 6) is -1.21. The number of carbonyl (C=O) groups excluding carboxylic acids is 1. The topological polar surface area (TPSA) is 86.3 Å². The van der Waals surface area contributed by atoms with Gasteiger partial charge in [0.25, 0.3) is 5.91 Å². The Kier molecular flexibility index (Phi) is 2.93. The molecule has 2 aromatic rings. The van der Waals surface area contributed by atoms with E-state index in [0.717, 1.165) is 23.7 Å². The predicted octanol–water partition coefficient (Wildman–Crippen LogP) is 1.64. The fraction of sp³-hybridized carbons (Fsp3) is 0.357. The molecule has 2 N–H and O–H groups in total. The Morgan fingerprint density at radius 3 is 2.85 bits per heavy atom. The third-order valence-electron chi connectivity index (χ3n) is 3.64. The standard InChI is InChI=1S/C14H15N3O3/c1-8(14(19)20)17(11-3-4-11)13(18)9-2-5-12-10(6-9)7-15-16-12/h2,5-8,11H,3-4H2,1H3,(H,15,16)(H,19,20)/t8-/m0/s1. The molecule has 1 atom stereocenters. The number of carbonyl (C=O) groups is 2. The molecule has 0 aliphatic heterocycles. The molecule has 1 saturated carbocycles. The van der Waals surface area contributed by atoms with Crippen molar-refractivity contribution in [1.29, 1.82) is 0 Å². The Morgan fingerprint density at radius 1 is 1.45 bits per heavy atom. The molecule has 0 unspecified atom stereocenters.